The van der Waals surface area contributed by atoms with Crippen LogP contribution in [0.1, 0.15) is 45.5 Å². The average molecular weight is 272 g/mol. The first-order valence-corrected chi connectivity index (χ1v) is 7.01. The summed E-state index contributed by atoms with van der Waals surface area (Å²) in [5.74, 6) is 0.604. The summed E-state index contributed by atoms with van der Waals surface area (Å²) in [5.41, 5.74) is 2.27. The summed E-state index contributed by atoms with van der Waals surface area (Å²) in [5, 5.41) is 8.70. The van der Waals surface area contributed by atoms with Crippen LogP contribution in [0.25, 0.3) is 0 Å². The van der Waals surface area contributed by atoms with Crippen molar-refractivity contribution in [3.63, 3.8) is 0 Å². The van der Waals surface area contributed by atoms with E-state index in [0.717, 1.165) is 35.8 Å². The molecule has 0 spiro atoms. The molecule has 1 aromatic rings. The number of aryl methyl sites for hydroxylation is 2. The molecule has 0 aliphatic rings. The lowest BCUT2D eigenvalue weighted by atomic mass is 10.0. The lowest BCUT2D eigenvalue weighted by Gasteiger charge is -2.22. The van der Waals surface area contributed by atoms with Crippen molar-refractivity contribution in [3.05, 3.63) is 16.4 Å². The Morgan fingerprint density at radius 1 is 1.39 bits per heavy atom. The maximum atomic E-state index is 6.27. The van der Waals surface area contributed by atoms with Crippen LogP contribution in [0.4, 0.5) is 0 Å². The first-order chi connectivity index (χ1) is 8.20. The first-order valence-electron chi connectivity index (χ1n) is 6.63. The molecule has 0 radical (unpaired) electrons. The third kappa shape index (κ3) is 4.62. The molecule has 4 heteroatoms. The quantitative estimate of drug-likeness (QED) is 0.890. The molecule has 3 nitrogen and oxygen atoms in total. The lowest BCUT2D eigenvalue weighted by molar-refractivity contribution is 0.391. The van der Waals surface area contributed by atoms with E-state index in [1.807, 2.05) is 18.7 Å². The van der Waals surface area contributed by atoms with Crippen LogP contribution >= 0.6 is 11.6 Å². The summed E-state index contributed by atoms with van der Waals surface area (Å²) < 4.78 is 1.91. The molecule has 0 aliphatic heterocycles. The van der Waals surface area contributed by atoms with E-state index in [9.17, 15) is 0 Å². The summed E-state index contributed by atoms with van der Waals surface area (Å²) in [4.78, 5) is 0. The van der Waals surface area contributed by atoms with Crippen molar-refractivity contribution < 1.29 is 0 Å². The predicted octanol–water partition coefficient (Wildman–Crippen LogP) is 3.34. The van der Waals surface area contributed by atoms with E-state index in [4.69, 9.17) is 11.6 Å². The Kier molecular flexibility index (Phi) is 5.23. The molecule has 1 rings (SSSR count). The van der Waals surface area contributed by atoms with Gasteiger partial charge in [0.15, 0.2) is 0 Å². The van der Waals surface area contributed by atoms with Gasteiger partial charge in [-0.2, -0.15) is 5.10 Å². The van der Waals surface area contributed by atoms with Gasteiger partial charge in [-0.05, 0) is 53.0 Å². The molecule has 104 valence electrons. The van der Waals surface area contributed by atoms with E-state index >= 15 is 0 Å². The number of hydrogen-bond acceptors (Lipinski definition) is 2. The fourth-order valence-corrected chi connectivity index (χ4v) is 2.26. The molecule has 0 amide bonds. The number of halogens is 1. The molecular formula is C14H26ClN3. The van der Waals surface area contributed by atoms with Crippen molar-refractivity contribution in [1.29, 1.82) is 0 Å². The largest absolute Gasteiger partial charge is 0.312 e. The van der Waals surface area contributed by atoms with Crippen LogP contribution in [0.3, 0.4) is 0 Å². The van der Waals surface area contributed by atoms with E-state index in [0.29, 0.717) is 5.92 Å². The summed E-state index contributed by atoms with van der Waals surface area (Å²) in [6.45, 7) is 11.8. The number of nitrogens with one attached hydrogen (secondary N) is 1. The zero-order chi connectivity index (χ0) is 13.9. The topological polar surface area (TPSA) is 29.9 Å². The standard InChI is InChI=1S/C14H26ClN3/c1-10(7-8-16-14(3,4)5)9-12-13(15)11(2)17-18(12)6/h10,16H,7-9H2,1-6H3. The summed E-state index contributed by atoms with van der Waals surface area (Å²) in [6.07, 6.45) is 2.14. The van der Waals surface area contributed by atoms with Gasteiger partial charge in [-0.1, -0.05) is 18.5 Å². The Balaban J connectivity index is 2.47. The van der Waals surface area contributed by atoms with Gasteiger partial charge >= 0.3 is 0 Å². The maximum absolute atomic E-state index is 6.27. The fourth-order valence-electron chi connectivity index (χ4n) is 2.03. The van der Waals surface area contributed by atoms with Crippen molar-refractivity contribution in [2.24, 2.45) is 13.0 Å². The van der Waals surface area contributed by atoms with Gasteiger partial charge in [-0.25, -0.2) is 0 Å². The van der Waals surface area contributed by atoms with Crippen molar-refractivity contribution in [3.8, 4) is 0 Å². The molecule has 1 N–H and O–H groups in total. The molecule has 0 fully saturated rings. The molecule has 1 unspecified atom stereocenters. The SMILES string of the molecule is Cc1nn(C)c(CC(C)CCNC(C)(C)C)c1Cl. The van der Waals surface area contributed by atoms with Gasteiger partial charge in [-0.15, -0.1) is 0 Å². The highest BCUT2D eigenvalue weighted by Crippen LogP contribution is 2.23. The Labute approximate surface area is 116 Å². The molecule has 1 atom stereocenters. The van der Waals surface area contributed by atoms with Crippen LogP contribution in [0.15, 0.2) is 0 Å². The normalized spacial score (nSPS) is 13.9. The van der Waals surface area contributed by atoms with E-state index in [2.05, 4.69) is 38.1 Å². The molecule has 1 heterocycles. The third-order valence-corrected chi connectivity index (χ3v) is 3.59. The molecule has 0 saturated carbocycles. The third-order valence-electron chi connectivity index (χ3n) is 3.10. The van der Waals surface area contributed by atoms with E-state index in [-0.39, 0.29) is 5.54 Å². The van der Waals surface area contributed by atoms with Gasteiger partial charge < -0.3 is 5.32 Å². The Morgan fingerprint density at radius 3 is 2.44 bits per heavy atom. The van der Waals surface area contributed by atoms with E-state index in [1.54, 1.807) is 0 Å². The number of hydrogen-bond donors (Lipinski definition) is 1. The minimum absolute atomic E-state index is 0.195. The zero-order valence-corrected chi connectivity index (χ0v) is 13.2. The second-order valence-corrected chi connectivity index (χ2v) is 6.62. The highest BCUT2D eigenvalue weighted by Gasteiger charge is 2.15. The monoisotopic (exact) mass is 271 g/mol. The Morgan fingerprint density at radius 2 is 2.00 bits per heavy atom. The molecular weight excluding hydrogens is 246 g/mol. The minimum atomic E-state index is 0.195. The van der Waals surface area contributed by atoms with Gasteiger partial charge in [0.2, 0.25) is 0 Å². The average Bonchev–Trinajstić information content (AvgIpc) is 2.43. The summed E-state index contributed by atoms with van der Waals surface area (Å²) >= 11 is 6.27. The second kappa shape index (κ2) is 6.07. The van der Waals surface area contributed by atoms with Crippen LogP contribution in [0, 0.1) is 12.8 Å². The van der Waals surface area contributed by atoms with Gasteiger partial charge in [0.25, 0.3) is 0 Å². The first kappa shape index (κ1) is 15.5. The number of nitrogens with zero attached hydrogens (tertiary/aromatic N) is 2. The van der Waals surface area contributed by atoms with E-state index < -0.39 is 0 Å². The molecule has 0 saturated heterocycles. The minimum Gasteiger partial charge on any atom is -0.312 e. The molecule has 0 aliphatic carbocycles. The van der Waals surface area contributed by atoms with Gasteiger partial charge in [0, 0.05) is 12.6 Å². The predicted molar refractivity (Wildman–Crippen MR) is 78.2 cm³/mol. The Bertz CT molecular complexity index is 390. The van der Waals surface area contributed by atoms with Crippen LogP contribution < -0.4 is 5.32 Å². The number of aromatic nitrogens is 2. The van der Waals surface area contributed by atoms with Crippen molar-refractivity contribution in [2.75, 3.05) is 6.54 Å². The Hall–Kier alpha value is -0.540. The van der Waals surface area contributed by atoms with Crippen LogP contribution in [0.5, 0.6) is 0 Å². The molecule has 0 bridgehead atoms. The lowest BCUT2D eigenvalue weighted by Crippen LogP contribution is -2.37. The van der Waals surface area contributed by atoms with Crippen molar-refractivity contribution in [1.82, 2.24) is 15.1 Å². The van der Waals surface area contributed by atoms with Crippen molar-refractivity contribution >= 4 is 11.6 Å². The molecule has 18 heavy (non-hydrogen) atoms. The second-order valence-electron chi connectivity index (χ2n) is 6.24. The summed E-state index contributed by atoms with van der Waals surface area (Å²) in [7, 11) is 1.97. The van der Waals surface area contributed by atoms with E-state index in [1.165, 1.54) is 0 Å². The number of rotatable bonds is 5. The van der Waals surface area contributed by atoms with Crippen LogP contribution in [-0.2, 0) is 13.5 Å². The molecule has 1 aromatic heterocycles. The molecule has 0 aromatic carbocycles. The van der Waals surface area contributed by atoms with Crippen LogP contribution in [-0.4, -0.2) is 21.9 Å². The highest BCUT2D eigenvalue weighted by molar-refractivity contribution is 6.31. The van der Waals surface area contributed by atoms with Crippen molar-refractivity contribution in [2.45, 2.75) is 53.0 Å². The maximum Gasteiger partial charge on any atom is 0.0847 e. The zero-order valence-electron chi connectivity index (χ0n) is 12.5. The fraction of sp³-hybridized carbons (Fsp3) is 0.786. The van der Waals surface area contributed by atoms with Crippen LogP contribution in [0.2, 0.25) is 5.02 Å². The van der Waals surface area contributed by atoms with Gasteiger partial charge in [0.05, 0.1) is 16.4 Å². The van der Waals surface area contributed by atoms with Gasteiger partial charge in [0.1, 0.15) is 0 Å². The highest BCUT2D eigenvalue weighted by atomic mass is 35.5. The van der Waals surface area contributed by atoms with Gasteiger partial charge in [-0.3, -0.25) is 4.68 Å². The smallest absolute Gasteiger partial charge is 0.0847 e. The summed E-state index contributed by atoms with van der Waals surface area (Å²) in [6, 6.07) is 0.